The van der Waals surface area contributed by atoms with Crippen molar-refractivity contribution in [2.45, 2.75) is 0 Å². The van der Waals surface area contributed by atoms with Crippen molar-refractivity contribution >= 4 is 12.3 Å². The van der Waals surface area contributed by atoms with Gasteiger partial charge in [-0.15, -0.1) is 0 Å². The molecule has 0 saturated heterocycles. The number of ketones is 1. The van der Waals surface area contributed by atoms with Crippen LogP contribution < -0.4 is 0 Å². The van der Waals surface area contributed by atoms with Gasteiger partial charge in [0.25, 0.3) is 6.47 Å². The second-order valence-electron chi connectivity index (χ2n) is 2.75. The molecule has 0 N–H and O–H groups in total. The number of carbonyl (C=O) groups excluding carboxylic acids is 2. The quantitative estimate of drug-likeness (QED) is 0.384. The largest absolute Gasteiger partial charge is 0.468 e. The summed E-state index contributed by atoms with van der Waals surface area (Å²) in [5.41, 5.74) is 0.637. The van der Waals surface area contributed by atoms with Crippen molar-refractivity contribution in [2.24, 2.45) is 0 Å². The minimum Gasteiger partial charge on any atom is -0.468 e. The summed E-state index contributed by atoms with van der Waals surface area (Å²) in [4.78, 5) is 21.3. The standard InChI is InChI=1S/C12H11O3/c13-10-15-9-5-4-8-12(14)11-6-2-1-3-7-11/h1-8,10H,9H2. The SMILES string of the molecule is O=COC[CH][CH][CH]C(=O)c1ccccc1. The minimum absolute atomic E-state index is 0.0713. The van der Waals surface area contributed by atoms with Crippen LogP contribution in [-0.4, -0.2) is 18.9 Å². The summed E-state index contributed by atoms with van der Waals surface area (Å²) in [5.74, 6) is -0.0713. The third-order valence-corrected chi connectivity index (χ3v) is 1.70. The van der Waals surface area contributed by atoms with Gasteiger partial charge in [-0.3, -0.25) is 9.59 Å². The Morgan fingerprint density at radius 1 is 1.27 bits per heavy atom. The predicted molar refractivity (Wildman–Crippen MR) is 55.7 cm³/mol. The van der Waals surface area contributed by atoms with E-state index in [1.807, 2.05) is 6.07 Å². The van der Waals surface area contributed by atoms with E-state index in [0.29, 0.717) is 12.0 Å². The lowest BCUT2D eigenvalue weighted by molar-refractivity contribution is -0.127. The molecule has 0 aromatic heterocycles. The molecule has 3 nitrogen and oxygen atoms in total. The summed E-state index contributed by atoms with van der Waals surface area (Å²) in [5, 5.41) is 0. The van der Waals surface area contributed by atoms with E-state index in [1.54, 1.807) is 37.1 Å². The van der Waals surface area contributed by atoms with E-state index >= 15 is 0 Å². The zero-order valence-electron chi connectivity index (χ0n) is 8.13. The summed E-state index contributed by atoms with van der Waals surface area (Å²) in [6, 6.07) is 8.95. The number of Topliss-reactive ketones (excluding diaryl/α,β-unsaturated/α-hetero) is 1. The highest BCUT2D eigenvalue weighted by Crippen LogP contribution is 2.04. The van der Waals surface area contributed by atoms with Gasteiger partial charge in [-0.25, -0.2) is 0 Å². The highest BCUT2D eigenvalue weighted by Gasteiger charge is 2.04. The Labute approximate surface area is 89.1 Å². The van der Waals surface area contributed by atoms with Gasteiger partial charge in [0.2, 0.25) is 0 Å². The lowest BCUT2D eigenvalue weighted by Gasteiger charge is -1.99. The Morgan fingerprint density at radius 2 is 2.00 bits per heavy atom. The second-order valence-corrected chi connectivity index (χ2v) is 2.75. The molecule has 1 aromatic carbocycles. The highest BCUT2D eigenvalue weighted by atomic mass is 16.5. The maximum absolute atomic E-state index is 11.5. The van der Waals surface area contributed by atoms with Crippen molar-refractivity contribution in [3.63, 3.8) is 0 Å². The number of ether oxygens (including phenoxy) is 1. The molecule has 0 unspecified atom stereocenters. The molecule has 1 rings (SSSR count). The van der Waals surface area contributed by atoms with E-state index in [4.69, 9.17) is 0 Å². The maximum atomic E-state index is 11.5. The molecule has 1 aromatic rings. The molecule has 0 atom stereocenters. The Kier molecular flexibility index (Phi) is 5.15. The third-order valence-electron chi connectivity index (χ3n) is 1.70. The summed E-state index contributed by atoms with van der Waals surface area (Å²) in [6.45, 7) is 0.547. The molecule has 3 radical (unpaired) electrons. The van der Waals surface area contributed by atoms with Crippen molar-refractivity contribution in [1.82, 2.24) is 0 Å². The Bertz CT molecular complexity index is 306. The van der Waals surface area contributed by atoms with Gasteiger partial charge in [0, 0.05) is 18.4 Å². The fourth-order valence-corrected chi connectivity index (χ4v) is 1.00. The first-order valence-electron chi connectivity index (χ1n) is 4.49. The number of benzene rings is 1. The van der Waals surface area contributed by atoms with Crippen LogP contribution in [-0.2, 0) is 9.53 Å². The van der Waals surface area contributed by atoms with E-state index < -0.39 is 0 Å². The van der Waals surface area contributed by atoms with Crippen LogP contribution in [0.4, 0.5) is 0 Å². The number of rotatable bonds is 7. The van der Waals surface area contributed by atoms with Crippen LogP contribution in [0.25, 0.3) is 0 Å². The van der Waals surface area contributed by atoms with Crippen molar-refractivity contribution in [1.29, 1.82) is 0 Å². The molecule has 0 aliphatic rings. The molecule has 0 amide bonds. The smallest absolute Gasteiger partial charge is 0.293 e. The van der Waals surface area contributed by atoms with E-state index in [2.05, 4.69) is 4.74 Å². The molecular formula is C12H11O3. The molecular weight excluding hydrogens is 192 g/mol. The zero-order valence-corrected chi connectivity index (χ0v) is 8.13. The molecule has 0 aliphatic heterocycles. The van der Waals surface area contributed by atoms with Gasteiger partial charge in [0.1, 0.15) is 0 Å². The fourth-order valence-electron chi connectivity index (χ4n) is 1.00. The second kappa shape index (κ2) is 6.76. The molecule has 0 fully saturated rings. The summed E-state index contributed by atoms with van der Waals surface area (Å²) in [6.07, 6.45) is 4.59. The summed E-state index contributed by atoms with van der Waals surface area (Å²) >= 11 is 0. The van der Waals surface area contributed by atoms with Crippen molar-refractivity contribution < 1.29 is 14.3 Å². The zero-order chi connectivity index (χ0) is 10.9. The molecule has 15 heavy (non-hydrogen) atoms. The first kappa shape index (κ1) is 11.4. The van der Waals surface area contributed by atoms with E-state index in [1.165, 1.54) is 6.42 Å². The van der Waals surface area contributed by atoms with Crippen LogP contribution in [0, 0.1) is 19.3 Å². The molecule has 0 heterocycles. The van der Waals surface area contributed by atoms with Gasteiger partial charge in [-0.1, -0.05) is 30.3 Å². The topological polar surface area (TPSA) is 43.4 Å². The molecule has 0 bridgehead atoms. The van der Waals surface area contributed by atoms with Crippen LogP contribution in [0.3, 0.4) is 0 Å². The first-order valence-corrected chi connectivity index (χ1v) is 4.49. The lowest BCUT2D eigenvalue weighted by atomic mass is 10.1. The Balaban J connectivity index is 2.22. The van der Waals surface area contributed by atoms with E-state index in [9.17, 15) is 9.59 Å². The van der Waals surface area contributed by atoms with Crippen LogP contribution in [0.1, 0.15) is 10.4 Å². The molecule has 0 saturated carbocycles. The number of hydrogen-bond donors (Lipinski definition) is 0. The Morgan fingerprint density at radius 3 is 2.67 bits per heavy atom. The predicted octanol–water partition coefficient (Wildman–Crippen LogP) is 1.66. The summed E-state index contributed by atoms with van der Waals surface area (Å²) < 4.78 is 4.42. The molecule has 77 valence electrons. The van der Waals surface area contributed by atoms with Gasteiger partial charge in [-0.2, -0.15) is 0 Å². The Hall–Kier alpha value is -1.64. The number of unbranched alkanes of at least 4 members (excludes halogenated alkanes) is 1. The minimum atomic E-state index is -0.0713. The third kappa shape index (κ3) is 4.40. The molecule has 0 spiro atoms. The average molecular weight is 203 g/mol. The van der Waals surface area contributed by atoms with Crippen LogP contribution >= 0.6 is 0 Å². The van der Waals surface area contributed by atoms with Gasteiger partial charge in [0.05, 0.1) is 6.61 Å². The fraction of sp³-hybridized carbons (Fsp3) is 0.0833. The van der Waals surface area contributed by atoms with Crippen molar-refractivity contribution in [2.75, 3.05) is 6.61 Å². The lowest BCUT2D eigenvalue weighted by Crippen LogP contribution is -2.02. The van der Waals surface area contributed by atoms with Crippen LogP contribution in [0.5, 0.6) is 0 Å². The normalized spacial score (nSPS) is 9.60. The van der Waals surface area contributed by atoms with Crippen LogP contribution in [0.2, 0.25) is 0 Å². The van der Waals surface area contributed by atoms with Crippen molar-refractivity contribution in [3.05, 3.63) is 55.2 Å². The summed E-state index contributed by atoms with van der Waals surface area (Å²) in [7, 11) is 0. The van der Waals surface area contributed by atoms with Gasteiger partial charge in [0.15, 0.2) is 5.78 Å². The molecule has 3 heteroatoms. The van der Waals surface area contributed by atoms with E-state index in [0.717, 1.165) is 0 Å². The average Bonchev–Trinajstić information content (AvgIpc) is 2.30. The number of hydrogen-bond acceptors (Lipinski definition) is 3. The van der Waals surface area contributed by atoms with Crippen molar-refractivity contribution in [3.8, 4) is 0 Å². The first-order chi connectivity index (χ1) is 7.34. The van der Waals surface area contributed by atoms with Gasteiger partial charge < -0.3 is 4.74 Å². The van der Waals surface area contributed by atoms with Gasteiger partial charge in [-0.05, 0) is 6.42 Å². The molecule has 0 aliphatic carbocycles. The van der Waals surface area contributed by atoms with Crippen LogP contribution in [0.15, 0.2) is 30.3 Å². The maximum Gasteiger partial charge on any atom is 0.293 e. The van der Waals surface area contributed by atoms with Gasteiger partial charge >= 0.3 is 0 Å². The highest BCUT2D eigenvalue weighted by molar-refractivity contribution is 6.03. The van der Waals surface area contributed by atoms with E-state index in [-0.39, 0.29) is 12.4 Å². The number of carbonyl (C=O) groups is 2. The monoisotopic (exact) mass is 203 g/mol.